The van der Waals surface area contributed by atoms with Crippen LogP contribution in [-0.4, -0.2) is 26.8 Å². The van der Waals surface area contributed by atoms with Crippen molar-refractivity contribution in [2.75, 3.05) is 31.7 Å². The summed E-state index contributed by atoms with van der Waals surface area (Å²) >= 11 is 3.66. The summed E-state index contributed by atoms with van der Waals surface area (Å²) in [7, 11) is 2.15. The third-order valence-corrected chi connectivity index (χ3v) is 4.42. The minimum absolute atomic E-state index is 0.0751. The molecular formula is C15H23BrN2O. The predicted molar refractivity (Wildman–Crippen MR) is 83.6 cm³/mol. The Balaban J connectivity index is 2.03. The zero-order valence-corrected chi connectivity index (χ0v) is 13.3. The molecule has 2 rings (SSSR count). The highest BCUT2D eigenvalue weighted by Gasteiger charge is 2.17. The van der Waals surface area contributed by atoms with Crippen LogP contribution in [0.3, 0.4) is 0 Å². The monoisotopic (exact) mass is 326 g/mol. The summed E-state index contributed by atoms with van der Waals surface area (Å²) in [5, 5.41) is 0. The summed E-state index contributed by atoms with van der Waals surface area (Å²) in [4.78, 5) is 2.32. The van der Waals surface area contributed by atoms with Gasteiger partial charge in [-0.1, -0.05) is 6.07 Å². The maximum Gasteiger partial charge on any atom is 0.0508 e. The van der Waals surface area contributed by atoms with Gasteiger partial charge in [0.05, 0.1) is 5.69 Å². The quantitative estimate of drug-likeness (QED) is 0.922. The minimum atomic E-state index is 0.0751. The molecule has 1 heterocycles. The van der Waals surface area contributed by atoms with Crippen molar-refractivity contribution in [1.82, 2.24) is 0 Å². The number of halogens is 1. The number of hydrogen-bond acceptors (Lipinski definition) is 3. The van der Waals surface area contributed by atoms with Crippen LogP contribution >= 0.6 is 15.9 Å². The second-order valence-corrected chi connectivity index (χ2v) is 6.29. The van der Waals surface area contributed by atoms with Crippen LogP contribution in [0.5, 0.6) is 0 Å². The molecule has 0 amide bonds. The molecule has 0 spiro atoms. The van der Waals surface area contributed by atoms with E-state index < -0.39 is 0 Å². The van der Waals surface area contributed by atoms with Crippen molar-refractivity contribution < 1.29 is 4.74 Å². The van der Waals surface area contributed by atoms with Gasteiger partial charge in [0.1, 0.15) is 0 Å². The van der Waals surface area contributed by atoms with Crippen LogP contribution in [0.2, 0.25) is 0 Å². The molecule has 0 bridgehead atoms. The molecule has 1 aromatic rings. The summed E-state index contributed by atoms with van der Waals surface area (Å²) in [6.45, 7) is 4.90. The van der Waals surface area contributed by atoms with E-state index in [0.717, 1.165) is 35.7 Å². The summed E-state index contributed by atoms with van der Waals surface area (Å²) in [6, 6.07) is 6.47. The molecule has 0 radical (unpaired) electrons. The summed E-state index contributed by atoms with van der Waals surface area (Å²) in [5.41, 5.74) is 8.30. The van der Waals surface area contributed by atoms with Crippen molar-refractivity contribution in [3.8, 4) is 0 Å². The Morgan fingerprint density at radius 2 is 2.11 bits per heavy atom. The molecular weight excluding hydrogens is 304 g/mol. The molecule has 1 aliphatic rings. The Kier molecular flexibility index (Phi) is 5.25. The number of benzene rings is 1. The van der Waals surface area contributed by atoms with E-state index in [0.29, 0.717) is 0 Å². The van der Waals surface area contributed by atoms with Gasteiger partial charge < -0.3 is 15.4 Å². The lowest BCUT2D eigenvalue weighted by Gasteiger charge is -2.29. The van der Waals surface area contributed by atoms with Crippen LogP contribution in [0.25, 0.3) is 0 Å². The zero-order chi connectivity index (χ0) is 13.8. The second kappa shape index (κ2) is 6.73. The van der Waals surface area contributed by atoms with Gasteiger partial charge in [-0.15, -0.1) is 0 Å². The number of hydrogen-bond donors (Lipinski definition) is 1. The predicted octanol–water partition coefficient (Wildman–Crippen LogP) is 3.33. The van der Waals surface area contributed by atoms with Crippen molar-refractivity contribution >= 4 is 21.6 Å². The van der Waals surface area contributed by atoms with E-state index in [9.17, 15) is 0 Å². The Bertz CT molecular complexity index is 417. The van der Waals surface area contributed by atoms with Crippen LogP contribution in [0.1, 0.15) is 31.4 Å². The summed E-state index contributed by atoms with van der Waals surface area (Å²) in [5.74, 6) is 0.735. The van der Waals surface area contributed by atoms with Crippen molar-refractivity contribution in [3.63, 3.8) is 0 Å². The van der Waals surface area contributed by atoms with Crippen molar-refractivity contribution in [2.45, 2.75) is 25.8 Å². The van der Waals surface area contributed by atoms with E-state index in [1.165, 1.54) is 18.5 Å². The highest BCUT2D eigenvalue weighted by molar-refractivity contribution is 9.10. The van der Waals surface area contributed by atoms with Crippen LogP contribution in [0.15, 0.2) is 22.7 Å². The molecule has 1 fully saturated rings. The van der Waals surface area contributed by atoms with Gasteiger partial charge in [-0.2, -0.15) is 0 Å². The number of rotatable bonds is 4. The molecule has 1 aromatic carbocycles. The first-order valence-corrected chi connectivity index (χ1v) is 7.71. The first kappa shape index (κ1) is 14.8. The van der Waals surface area contributed by atoms with Gasteiger partial charge in [0.25, 0.3) is 0 Å². The zero-order valence-electron chi connectivity index (χ0n) is 11.7. The van der Waals surface area contributed by atoms with Gasteiger partial charge in [-0.05, 0) is 59.3 Å². The Hall–Kier alpha value is -0.580. The van der Waals surface area contributed by atoms with Crippen molar-refractivity contribution in [3.05, 3.63) is 28.2 Å². The van der Waals surface area contributed by atoms with Gasteiger partial charge in [0.15, 0.2) is 0 Å². The van der Waals surface area contributed by atoms with Gasteiger partial charge >= 0.3 is 0 Å². The van der Waals surface area contributed by atoms with Crippen LogP contribution in [-0.2, 0) is 4.74 Å². The maximum atomic E-state index is 5.91. The molecule has 19 heavy (non-hydrogen) atoms. The fourth-order valence-corrected chi connectivity index (χ4v) is 3.23. The molecule has 1 atom stereocenters. The second-order valence-electron chi connectivity index (χ2n) is 5.44. The maximum absolute atomic E-state index is 5.91. The smallest absolute Gasteiger partial charge is 0.0508 e. The number of anilines is 1. The first-order chi connectivity index (χ1) is 9.08. The van der Waals surface area contributed by atoms with Crippen LogP contribution < -0.4 is 10.6 Å². The Morgan fingerprint density at radius 1 is 1.42 bits per heavy atom. The Labute approximate surface area is 124 Å². The van der Waals surface area contributed by atoms with E-state index in [1.54, 1.807) is 0 Å². The molecule has 3 nitrogen and oxygen atoms in total. The average Bonchev–Trinajstić information content (AvgIpc) is 2.39. The summed E-state index contributed by atoms with van der Waals surface area (Å²) in [6.07, 6.45) is 2.33. The van der Waals surface area contributed by atoms with E-state index in [-0.39, 0.29) is 6.04 Å². The van der Waals surface area contributed by atoms with Gasteiger partial charge in [-0.3, -0.25) is 0 Å². The van der Waals surface area contributed by atoms with Crippen LogP contribution in [0.4, 0.5) is 5.69 Å². The van der Waals surface area contributed by atoms with E-state index in [2.05, 4.69) is 46.1 Å². The topological polar surface area (TPSA) is 38.5 Å². The molecule has 1 saturated heterocycles. The largest absolute Gasteiger partial charge is 0.381 e. The average molecular weight is 327 g/mol. The lowest BCUT2D eigenvalue weighted by Crippen LogP contribution is -2.29. The summed E-state index contributed by atoms with van der Waals surface area (Å²) < 4.78 is 6.53. The van der Waals surface area contributed by atoms with Gasteiger partial charge in [-0.25, -0.2) is 0 Å². The lowest BCUT2D eigenvalue weighted by atomic mass is 9.99. The van der Waals surface area contributed by atoms with Crippen molar-refractivity contribution in [2.24, 2.45) is 11.7 Å². The standard InChI is InChI=1S/C15H23BrN2O/c1-11(17)13-3-4-15(14(16)9-13)18(2)10-12-5-7-19-8-6-12/h3-4,9,11-12H,5-8,10,17H2,1-2H3. The normalized spacial score (nSPS) is 18.3. The van der Waals surface area contributed by atoms with E-state index in [1.807, 2.05) is 6.92 Å². The molecule has 0 aliphatic carbocycles. The third-order valence-electron chi connectivity index (χ3n) is 3.78. The third kappa shape index (κ3) is 3.94. The van der Waals surface area contributed by atoms with E-state index in [4.69, 9.17) is 10.5 Å². The SMILES string of the molecule is CC(N)c1ccc(N(C)CC2CCOCC2)c(Br)c1. The molecule has 4 heteroatoms. The highest BCUT2D eigenvalue weighted by Crippen LogP contribution is 2.29. The molecule has 1 aliphatic heterocycles. The van der Waals surface area contributed by atoms with Crippen molar-refractivity contribution in [1.29, 1.82) is 0 Å². The lowest BCUT2D eigenvalue weighted by molar-refractivity contribution is 0.0685. The molecule has 0 aromatic heterocycles. The van der Waals surface area contributed by atoms with E-state index >= 15 is 0 Å². The number of nitrogens with two attached hydrogens (primary N) is 1. The van der Waals surface area contributed by atoms with Crippen LogP contribution in [0, 0.1) is 5.92 Å². The minimum Gasteiger partial charge on any atom is -0.381 e. The molecule has 2 N–H and O–H groups in total. The number of ether oxygens (including phenoxy) is 1. The molecule has 106 valence electrons. The highest BCUT2D eigenvalue weighted by atomic mass is 79.9. The fourth-order valence-electron chi connectivity index (χ4n) is 2.53. The first-order valence-electron chi connectivity index (χ1n) is 6.92. The van der Waals surface area contributed by atoms with Gasteiger partial charge in [0.2, 0.25) is 0 Å². The molecule has 1 unspecified atom stereocenters. The molecule has 0 saturated carbocycles. The fraction of sp³-hybridized carbons (Fsp3) is 0.600. The number of nitrogens with zero attached hydrogens (tertiary/aromatic N) is 1. The van der Waals surface area contributed by atoms with Gasteiger partial charge in [0, 0.05) is 37.3 Å². The Morgan fingerprint density at radius 3 is 2.68 bits per heavy atom.